The number of ether oxygens (including phenoxy) is 2. The molecule has 0 aromatic rings. The van der Waals surface area contributed by atoms with Crippen LogP contribution in [0.3, 0.4) is 0 Å². The molecule has 0 bridgehead atoms. The van der Waals surface area contributed by atoms with Crippen molar-refractivity contribution < 1.29 is 58.4 Å². The summed E-state index contributed by atoms with van der Waals surface area (Å²) in [6.45, 7) is 1.47. The van der Waals surface area contributed by atoms with Crippen LogP contribution in [0.15, 0.2) is 0 Å². The molecule has 0 saturated carbocycles. The summed E-state index contributed by atoms with van der Waals surface area (Å²) in [5.41, 5.74) is 0. The maximum absolute atomic E-state index is 12.3. The molecule has 0 aliphatic rings. The van der Waals surface area contributed by atoms with Gasteiger partial charge in [-0.1, -0.05) is 77.0 Å². The number of Topliss-reactive ketones (excluding diaryl/α,β-unsaturated/α-hetero) is 2. The average Bonchev–Trinajstić information content (AvgIpc) is 3.05. The molecule has 0 aromatic heterocycles. The lowest BCUT2D eigenvalue weighted by molar-refractivity contribution is -0.143. The van der Waals surface area contributed by atoms with Gasteiger partial charge in [0.05, 0.1) is 13.2 Å². The molecule has 0 aliphatic carbocycles. The number of ketones is 2. The minimum atomic E-state index is -1.23. The number of nitrogens with one attached hydrogen (secondary N) is 2. The van der Waals surface area contributed by atoms with Crippen LogP contribution in [0.1, 0.15) is 148 Å². The zero-order valence-corrected chi connectivity index (χ0v) is 30.1. The first kappa shape index (κ1) is 46.6. The Morgan fingerprint density at radius 3 is 1.40 bits per heavy atom. The molecule has 0 saturated heterocycles. The molecule has 5 N–H and O–H groups in total. The third-order valence-electron chi connectivity index (χ3n) is 8.16. The third kappa shape index (κ3) is 30.7. The quantitative estimate of drug-likeness (QED) is 0.0542. The van der Waals surface area contributed by atoms with E-state index in [1.54, 1.807) is 0 Å². The summed E-state index contributed by atoms with van der Waals surface area (Å²) in [6.07, 6.45) is 16.3. The van der Waals surface area contributed by atoms with Crippen LogP contribution in [0.2, 0.25) is 0 Å². The Kier molecular flexibility index (Phi) is 29.4. The minimum absolute atomic E-state index is 0.00404. The number of carboxylic acids is 3. The molecule has 14 heteroatoms. The third-order valence-corrected chi connectivity index (χ3v) is 8.16. The van der Waals surface area contributed by atoms with Crippen LogP contribution < -0.4 is 10.6 Å². The molecule has 2 amide bonds. The number of carbonyl (C=O) groups is 7. The predicted octanol–water partition coefficient (Wildman–Crippen LogP) is 4.98. The van der Waals surface area contributed by atoms with Gasteiger partial charge in [-0.25, -0.2) is 9.59 Å². The van der Waals surface area contributed by atoms with E-state index in [2.05, 4.69) is 10.6 Å². The Morgan fingerprint density at radius 1 is 0.480 bits per heavy atom. The van der Waals surface area contributed by atoms with Crippen molar-refractivity contribution in [2.75, 3.05) is 26.4 Å². The second kappa shape index (κ2) is 31.6. The van der Waals surface area contributed by atoms with Gasteiger partial charge >= 0.3 is 17.9 Å². The topological polar surface area (TPSA) is 223 Å². The SMILES string of the molecule is CC(=O)CC[C@H](NC(=O)COCCOCCCC(=O)CC[C@H](NC(=O)CCCCCCCCCCCCCCCCC(=O)O)C(=O)O)C(=O)O. The number of hydrogen-bond acceptors (Lipinski definition) is 9. The highest BCUT2D eigenvalue weighted by Crippen LogP contribution is 2.14. The van der Waals surface area contributed by atoms with Gasteiger partial charge < -0.3 is 40.2 Å². The van der Waals surface area contributed by atoms with Crippen LogP contribution in [-0.4, -0.2) is 95.1 Å². The summed E-state index contributed by atoms with van der Waals surface area (Å²) in [5, 5.41) is 32.1. The molecular weight excluding hydrogens is 652 g/mol. The second-order valence-electron chi connectivity index (χ2n) is 12.8. The number of carbonyl (C=O) groups excluding carboxylic acids is 4. The second-order valence-corrected chi connectivity index (χ2v) is 12.8. The van der Waals surface area contributed by atoms with Crippen LogP contribution in [0.4, 0.5) is 0 Å². The van der Waals surface area contributed by atoms with Crippen molar-refractivity contribution in [2.45, 2.75) is 160 Å². The Hall–Kier alpha value is -3.39. The Morgan fingerprint density at radius 2 is 0.920 bits per heavy atom. The number of carboxylic acid groups (broad SMARTS) is 3. The molecule has 288 valence electrons. The van der Waals surface area contributed by atoms with Crippen LogP contribution in [0, 0.1) is 0 Å². The van der Waals surface area contributed by atoms with Gasteiger partial charge in [-0.2, -0.15) is 0 Å². The van der Waals surface area contributed by atoms with Gasteiger partial charge in [0, 0.05) is 38.7 Å². The molecule has 0 spiro atoms. The van der Waals surface area contributed by atoms with Crippen molar-refractivity contribution in [2.24, 2.45) is 0 Å². The van der Waals surface area contributed by atoms with E-state index in [9.17, 15) is 38.7 Å². The fourth-order valence-electron chi connectivity index (χ4n) is 5.23. The molecule has 0 aliphatic heterocycles. The Balaban J connectivity index is 3.80. The first-order chi connectivity index (χ1) is 23.9. The lowest BCUT2D eigenvalue weighted by Gasteiger charge is -2.14. The largest absolute Gasteiger partial charge is 0.481 e. The maximum Gasteiger partial charge on any atom is 0.326 e. The molecule has 0 unspecified atom stereocenters. The highest BCUT2D eigenvalue weighted by atomic mass is 16.5. The van der Waals surface area contributed by atoms with Crippen LogP contribution >= 0.6 is 0 Å². The van der Waals surface area contributed by atoms with E-state index in [0.29, 0.717) is 12.8 Å². The van der Waals surface area contributed by atoms with Gasteiger partial charge in [-0.05, 0) is 39.0 Å². The van der Waals surface area contributed by atoms with Crippen molar-refractivity contribution in [1.29, 1.82) is 0 Å². The number of aliphatic carboxylic acids is 3. The van der Waals surface area contributed by atoms with Crippen molar-refractivity contribution >= 4 is 41.3 Å². The Labute approximate surface area is 296 Å². The van der Waals surface area contributed by atoms with E-state index in [1.807, 2.05) is 0 Å². The number of rotatable bonds is 36. The van der Waals surface area contributed by atoms with Crippen LogP contribution in [0.5, 0.6) is 0 Å². The number of amides is 2. The van der Waals surface area contributed by atoms with Crippen LogP contribution in [0.25, 0.3) is 0 Å². The van der Waals surface area contributed by atoms with Crippen LogP contribution in [-0.2, 0) is 43.0 Å². The normalized spacial score (nSPS) is 12.2. The summed E-state index contributed by atoms with van der Waals surface area (Å²) in [6, 6.07) is -2.29. The summed E-state index contributed by atoms with van der Waals surface area (Å²) in [4.78, 5) is 80.7. The van der Waals surface area contributed by atoms with Gasteiger partial charge in [0.2, 0.25) is 11.8 Å². The van der Waals surface area contributed by atoms with Gasteiger partial charge in [0.25, 0.3) is 0 Å². The van der Waals surface area contributed by atoms with E-state index in [1.165, 1.54) is 51.9 Å². The molecule has 2 atom stereocenters. The zero-order chi connectivity index (χ0) is 37.4. The van der Waals surface area contributed by atoms with Crippen molar-refractivity contribution in [3.05, 3.63) is 0 Å². The molecule has 14 nitrogen and oxygen atoms in total. The standard InChI is InChI=1S/C36H62N2O12/c1-28(39)20-22-30(35(45)46)38-33(42)27-50-26-25-49-24-16-17-29(40)21-23-31(36(47)48)37-32(41)18-14-12-10-8-6-4-2-3-5-7-9-11-13-15-19-34(43)44/h30-31H,2-27H2,1H3,(H,37,41)(H,38,42)(H,43,44)(H,45,46)(H,47,48)/t30-,31-/m0/s1. The van der Waals surface area contributed by atoms with E-state index in [-0.39, 0.29) is 88.8 Å². The molecular formula is C36H62N2O12. The summed E-state index contributed by atoms with van der Waals surface area (Å²) in [5.74, 6) is -4.38. The maximum atomic E-state index is 12.3. The summed E-state index contributed by atoms with van der Waals surface area (Å²) in [7, 11) is 0. The molecule has 0 aromatic carbocycles. The first-order valence-corrected chi connectivity index (χ1v) is 18.3. The van der Waals surface area contributed by atoms with Crippen molar-refractivity contribution in [1.82, 2.24) is 10.6 Å². The highest BCUT2D eigenvalue weighted by molar-refractivity contribution is 5.85. The predicted molar refractivity (Wildman–Crippen MR) is 186 cm³/mol. The fourth-order valence-corrected chi connectivity index (χ4v) is 5.23. The number of unbranched alkanes of at least 4 members (excludes halogenated alkanes) is 13. The van der Waals surface area contributed by atoms with Gasteiger partial charge in [-0.3, -0.25) is 19.2 Å². The lowest BCUT2D eigenvalue weighted by Crippen LogP contribution is -2.42. The van der Waals surface area contributed by atoms with E-state index in [4.69, 9.17) is 19.7 Å². The monoisotopic (exact) mass is 714 g/mol. The summed E-state index contributed by atoms with van der Waals surface area (Å²) < 4.78 is 10.5. The molecule has 0 radical (unpaired) electrons. The summed E-state index contributed by atoms with van der Waals surface area (Å²) >= 11 is 0. The lowest BCUT2D eigenvalue weighted by atomic mass is 10.0. The smallest absolute Gasteiger partial charge is 0.326 e. The highest BCUT2D eigenvalue weighted by Gasteiger charge is 2.21. The average molecular weight is 715 g/mol. The van der Waals surface area contributed by atoms with Crippen molar-refractivity contribution in [3.63, 3.8) is 0 Å². The first-order valence-electron chi connectivity index (χ1n) is 18.3. The minimum Gasteiger partial charge on any atom is -0.481 e. The van der Waals surface area contributed by atoms with E-state index >= 15 is 0 Å². The van der Waals surface area contributed by atoms with E-state index in [0.717, 1.165) is 38.5 Å². The van der Waals surface area contributed by atoms with E-state index < -0.39 is 35.9 Å². The van der Waals surface area contributed by atoms with Gasteiger partial charge in [-0.15, -0.1) is 0 Å². The zero-order valence-electron chi connectivity index (χ0n) is 30.1. The fraction of sp³-hybridized carbons (Fsp3) is 0.806. The Bertz CT molecular complexity index is 1000. The molecule has 50 heavy (non-hydrogen) atoms. The molecule has 0 fully saturated rings. The molecule has 0 rings (SSSR count). The van der Waals surface area contributed by atoms with Gasteiger partial charge in [0.1, 0.15) is 30.3 Å². The number of hydrogen-bond donors (Lipinski definition) is 5. The molecule has 0 heterocycles. The van der Waals surface area contributed by atoms with Crippen molar-refractivity contribution in [3.8, 4) is 0 Å². The van der Waals surface area contributed by atoms with Gasteiger partial charge in [0.15, 0.2) is 0 Å².